The first-order chi connectivity index (χ1) is 15.5. The zero-order valence-electron chi connectivity index (χ0n) is 18.2. The standard InChI is InChI=1S/C25H26N4O3/c1-3-18-7-6-9-20(16-18)26-23(30)13-14-28-24(31)12-11-21(27-28)25(32)29-17(2)15-19-8-4-5-10-22(19)29/h4-12,16-17H,3,13-15H2,1-2H3,(H,26,30). The van der Waals surface area contributed by atoms with E-state index >= 15 is 0 Å². The Balaban J connectivity index is 1.46. The van der Waals surface area contributed by atoms with Crippen LogP contribution in [-0.2, 0) is 24.2 Å². The number of aryl methyl sites for hydroxylation is 2. The van der Waals surface area contributed by atoms with Crippen molar-refractivity contribution in [2.24, 2.45) is 0 Å². The van der Waals surface area contributed by atoms with Crippen molar-refractivity contribution < 1.29 is 9.59 Å². The van der Waals surface area contributed by atoms with E-state index in [1.807, 2.05) is 55.5 Å². The van der Waals surface area contributed by atoms with E-state index in [0.717, 1.165) is 35.3 Å². The minimum atomic E-state index is -0.350. The van der Waals surface area contributed by atoms with Gasteiger partial charge in [0.1, 0.15) is 5.69 Å². The Morgan fingerprint density at radius 2 is 1.91 bits per heavy atom. The molecule has 1 unspecified atom stereocenters. The Hall–Kier alpha value is -3.74. The maximum absolute atomic E-state index is 13.2. The van der Waals surface area contributed by atoms with Gasteiger partial charge in [0.2, 0.25) is 5.91 Å². The average Bonchev–Trinajstić information content (AvgIpc) is 3.13. The summed E-state index contributed by atoms with van der Waals surface area (Å²) in [6.07, 6.45) is 1.73. The topological polar surface area (TPSA) is 84.3 Å². The van der Waals surface area contributed by atoms with Crippen LogP contribution in [0.1, 0.15) is 41.9 Å². The molecular formula is C25H26N4O3. The summed E-state index contributed by atoms with van der Waals surface area (Å²) in [5, 5.41) is 7.11. The van der Waals surface area contributed by atoms with Crippen molar-refractivity contribution in [1.29, 1.82) is 0 Å². The molecule has 7 heteroatoms. The molecule has 32 heavy (non-hydrogen) atoms. The number of carbonyl (C=O) groups excluding carboxylic acids is 2. The molecule has 1 atom stereocenters. The van der Waals surface area contributed by atoms with Gasteiger partial charge in [-0.3, -0.25) is 14.4 Å². The molecule has 0 saturated carbocycles. The molecular weight excluding hydrogens is 404 g/mol. The maximum atomic E-state index is 13.2. The number of fused-ring (bicyclic) bond motifs is 1. The number of hydrogen-bond acceptors (Lipinski definition) is 4. The van der Waals surface area contributed by atoms with Crippen LogP contribution >= 0.6 is 0 Å². The third-order valence-electron chi connectivity index (χ3n) is 5.68. The second-order valence-corrected chi connectivity index (χ2v) is 7.99. The lowest BCUT2D eigenvalue weighted by Gasteiger charge is -2.22. The number of nitrogens with zero attached hydrogens (tertiary/aromatic N) is 3. The second-order valence-electron chi connectivity index (χ2n) is 7.99. The third-order valence-corrected chi connectivity index (χ3v) is 5.68. The molecule has 1 aromatic heterocycles. The van der Waals surface area contributed by atoms with Gasteiger partial charge in [-0.15, -0.1) is 0 Å². The first kappa shape index (κ1) is 21.5. The van der Waals surface area contributed by atoms with Crippen molar-refractivity contribution in [2.75, 3.05) is 10.2 Å². The van der Waals surface area contributed by atoms with Crippen LogP contribution < -0.4 is 15.8 Å². The quantitative estimate of drug-likeness (QED) is 0.649. The van der Waals surface area contributed by atoms with E-state index in [-0.39, 0.29) is 42.1 Å². The second kappa shape index (κ2) is 9.18. The van der Waals surface area contributed by atoms with Crippen molar-refractivity contribution in [3.8, 4) is 0 Å². The largest absolute Gasteiger partial charge is 0.326 e. The molecule has 1 N–H and O–H groups in total. The predicted molar refractivity (Wildman–Crippen MR) is 124 cm³/mol. The highest BCUT2D eigenvalue weighted by atomic mass is 16.2. The molecule has 7 nitrogen and oxygen atoms in total. The van der Waals surface area contributed by atoms with Crippen LogP contribution in [0.4, 0.5) is 11.4 Å². The molecule has 0 radical (unpaired) electrons. The van der Waals surface area contributed by atoms with Crippen LogP contribution in [-0.4, -0.2) is 27.6 Å². The molecule has 2 aromatic carbocycles. The number of hydrogen-bond donors (Lipinski definition) is 1. The first-order valence-electron chi connectivity index (χ1n) is 10.8. The van der Waals surface area contributed by atoms with E-state index < -0.39 is 0 Å². The van der Waals surface area contributed by atoms with Gasteiger partial charge in [-0.1, -0.05) is 37.3 Å². The normalized spacial score (nSPS) is 14.8. The highest BCUT2D eigenvalue weighted by Crippen LogP contribution is 2.32. The van der Waals surface area contributed by atoms with E-state index in [1.165, 1.54) is 16.8 Å². The Kier molecular flexibility index (Phi) is 6.16. The number of amides is 2. The lowest BCUT2D eigenvalue weighted by Crippen LogP contribution is -2.37. The SMILES string of the molecule is CCc1cccc(NC(=O)CCn2nc(C(=O)N3c4ccccc4CC3C)ccc2=O)c1. The highest BCUT2D eigenvalue weighted by molar-refractivity contribution is 6.06. The molecule has 0 spiro atoms. The molecule has 164 valence electrons. The Bertz CT molecular complexity index is 1220. The minimum Gasteiger partial charge on any atom is -0.326 e. The molecule has 0 fully saturated rings. The summed E-state index contributed by atoms with van der Waals surface area (Å²) in [5.41, 5.74) is 3.68. The number of nitrogens with one attached hydrogen (secondary N) is 1. The van der Waals surface area contributed by atoms with E-state index in [4.69, 9.17) is 0 Å². The first-order valence-corrected chi connectivity index (χ1v) is 10.8. The van der Waals surface area contributed by atoms with Gasteiger partial charge < -0.3 is 10.2 Å². The summed E-state index contributed by atoms with van der Waals surface area (Å²) < 4.78 is 1.18. The fourth-order valence-corrected chi connectivity index (χ4v) is 4.02. The van der Waals surface area contributed by atoms with Crippen LogP contribution in [0.3, 0.4) is 0 Å². The number of para-hydroxylation sites is 1. The lowest BCUT2D eigenvalue weighted by atomic mass is 10.1. The van der Waals surface area contributed by atoms with Gasteiger partial charge in [0.05, 0.1) is 6.54 Å². The summed E-state index contributed by atoms with van der Waals surface area (Å²) in [7, 11) is 0. The molecule has 1 aliphatic heterocycles. The van der Waals surface area contributed by atoms with Crippen LogP contribution in [0, 0.1) is 0 Å². The van der Waals surface area contributed by atoms with E-state index in [1.54, 1.807) is 4.90 Å². The number of carbonyl (C=O) groups is 2. The van der Waals surface area contributed by atoms with E-state index in [9.17, 15) is 14.4 Å². The Morgan fingerprint density at radius 1 is 1.09 bits per heavy atom. The van der Waals surface area contributed by atoms with Crippen LogP contribution in [0.5, 0.6) is 0 Å². The van der Waals surface area contributed by atoms with Gasteiger partial charge in [0.15, 0.2) is 0 Å². The van der Waals surface area contributed by atoms with Crippen molar-refractivity contribution >= 4 is 23.2 Å². The fraction of sp³-hybridized carbons (Fsp3) is 0.280. The summed E-state index contributed by atoms with van der Waals surface area (Å²) in [6.45, 7) is 4.13. The Morgan fingerprint density at radius 3 is 2.72 bits per heavy atom. The summed E-state index contributed by atoms with van der Waals surface area (Å²) in [4.78, 5) is 39.6. The maximum Gasteiger partial charge on any atom is 0.278 e. The van der Waals surface area contributed by atoms with Gasteiger partial charge in [-0.05, 0) is 55.2 Å². The molecule has 4 rings (SSSR count). The van der Waals surface area contributed by atoms with Gasteiger partial charge >= 0.3 is 0 Å². The lowest BCUT2D eigenvalue weighted by molar-refractivity contribution is -0.116. The minimum absolute atomic E-state index is 0.00624. The molecule has 1 aliphatic rings. The predicted octanol–water partition coefficient (Wildman–Crippen LogP) is 3.43. The summed E-state index contributed by atoms with van der Waals surface area (Å²) in [5.74, 6) is -0.470. The summed E-state index contributed by atoms with van der Waals surface area (Å²) in [6, 6.07) is 18.2. The molecule has 3 aromatic rings. The van der Waals surface area contributed by atoms with Crippen molar-refractivity contribution in [3.05, 3.63) is 87.8 Å². The van der Waals surface area contributed by atoms with Crippen LogP contribution in [0.25, 0.3) is 0 Å². The monoisotopic (exact) mass is 430 g/mol. The average molecular weight is 431 g/mol. The molecule has 0 bridgehead atoms. The van der Waals surface area contributed by atoms with Crippen molar-refractivity contribution in [3.63, 3.8) is 0 Å². The molecule has 0 saturated heterocycles. The zero-order valence-corrected chi connectivity index (χ0v) is 18.2. The molecule has 0 aliphatic carbocycles. The zero-order chi connectivity index (χ0) is 22.7. The number of benzene rings is 2. The third kappa shape index (κ3) is 4.46. The van der Waals surface area contributed by atoms with E-state index in [0.29, 0.717) is 0 Å². The van der Waals surface area contributed by atoms with Crippen molar-refractivity contribution in [1.82, 2.24) is 9.78 Å². The molecule has 2 heterocycles. The number of rotatable bonds is 6. The van der Waals surface area contributed by atoms with Gasteiger partial charge in [0.25, 0.3) is 11.5 Å². The van der Waals surface area contributed by atoms with Gasteiger partial charge in [-0.2, -0.15) is 5.10 Å². The van der Waals surface area contributed by atoms with Gasteiger partial charge in [0, 0.05) is 29.9 Å². The number of anilines is 2. The Labute approximate surface area is 186 Å². The van der Waals surface area contributed by atoms with Gasteiger partial charge in [-0.25, -0.2) is 4.68 Å². The van der Waals surface area contributed by atoms with E-state index in [2.05, 4.69) is 17.3 Å². The number of aromatic nitrogens is 2. The highest BCUT2D eigenvalue weighted by Gasteiger charge is 2.32. The fourth-order valence-electron chi connectivity index (χ4n) is 4.02. The van der Waals surface area contributed by atoms with Crippen molar-refractivity contribution in [2.45, 2.75) is 45.7 Å². The molecule has 2 amide bonds. The van der Waals surface area contributed by atoms with Crippen LogP contribution in [0.15, 0.2) is 65.5 Å². The van der Waals surface area contributed by atoms with Crippen LogP contribution in [0.2, 0.25) is 0 Å². The smallest absolute Gasteiger partial charge is 0.278 e. The summed E-state index contributed by atoms with van der Waals surface area (Å²) >= 11 is 0.